The summed E-state index contributed by atoms with van der Waals surface area (Å²) in [6.45, 7) is 1.86. The van der Waals surface area contributed by atoms with Crippen molar-refractivity contribution in [2.75, 3.05) is 6.61 Å². The second-order valence-corrected chi connectivity index (χ2v) is 2.67. The molecule has 15 heavy (non-hydrogen) atoms. The second kappa shape index (κ2) is 4.29. The van der Waals surface area contributed by atoms with Crippen molar-refractivity contribution in [2.24, 2.45) is 0 Å². The third kappa shape index (κ3) is 2.93. The van der Waals surface area contributed by atoms with Crippen LogP contribution in [0.25, 0.3) is 0 Å². The van der Waals surface area contributed by atoms with Crippen LogP contribution in [0.15, 0.2) is 18.2 Å². The van der Waals surface area contributed by atoms with Crippen molar-refractivity contribution in [1.82, 2.24) is 4.98 Å². The Hall–Kier alpha value is -1.59. The van der Waals surface area contributed by atoms with Gasteiger partial charge in [-0.15, -0.1) is 0 Å². The highest BCUT2D eigenvalue weighted by Gasteiger charge is 2.32. The summed E-state index contributed by atoms with van der Waals surface area (Å²) in [6.07, 6.45) is -4.50. The summed E-state index contributed by atoms with van der Waals surface area (Å²) in [5.74, 6) is -0.358. The molecular formula is C9H9F3N2O. The summed E-state index contributed by atoms with van der Waals surface area (Å²) in [6, 6.07) is 3.34. The zero-order valence-corrected chi connectivity index (χ0v) is 7.93. The highest BCUT2D eigenvalue weighted by Crippen LogP contribution is 2.27. The third-order valence-corrected chi connectivity index (χ3v) is 1.56. The monoisotopic (exact) mass is 218 g/mol. The second-order valence-electron chi connectivity index (χ2n) is 2.67. The predicted molar refractivity (Wildman–Crippen MR) is 47.7 cm³/mol. The molecule has 6 heteroatoms. The molecule has 0 spiro atoms. The number of nitrogens with one attached hydrogen (secondary N) is 1. The lowest BCUT2D eigenvalue weighted by Gasteiger charge is -2.08. The molecule has 0 amide bonds. The molecule has 0 saturated carbocycles. The molecule has 1 aromatic heterocycles. The maximum absolute atomic E-state index is 12.2. The Bertz CT molecular complexity index is 363. The van der Waals surface area contributed by atoms with E-state index in [-0.39, 0.29) is 18.2 Å². The van der Waals surface area contributed by atoms with Gasteiger partial charge >= 0.3 is 6.18 Å². The summed E-state index contributed by atoms with van der Waals surface area (Å²) < 4.78 is 41.5. The first-order valence-electron chi connectivity index (χ1n) is 4.21. The number of halogens is 3. The molecule has 0 saturated heterocycles. The van der Waals surface area contributed by atoms with Gasteiger partial charge in [0.1, 0.15) is 11.4 Å². The molecule has 1 heterocycles. The van der Waals surface area contributed by atoms with Crippen molar-refractivity contribution in [3.63, 3.8) is 0 Å². The Morgan fingerprint density at radius 3 is 2.67 bits per heavy atom. The summed E-state index contributed by atoms with van der Waals surface area (Å²) in [7, 11) is 0. The van der Waals surface area contributed by atoms with Gasteiger partial charge < -0.3 is 4.74 Å². The van der Waals surface area contributed by atoms with E-state index in [0.717, 1.165) is 6.07 Å². The zero-order valence-electron chi connectivity index (χ0n) is 7.93. The average Bonchev–Trinajstić information content (AvgIpc) is 2.17. The Morgan fingerprint density at radius 2 is 2.13 bits per heavy atom. The number of alkyl halides is 3. The summed E-state index contributed by atoms with van der Waals surface area (Å²) in [4.78, 5) is 3.29. The van der Waals surface area contributed by atoms with E-state index in [1.165, 1.54) is 12.1 Å². The molecule has 0 fully saturated rings. The van der Waals surface area contributed by atoms with Crippen LogP contribution in [-0.2, 0) is 10.9 Å². The average molecular weight is 218 g/mol. The quantitative estimate of drug-likeness (QED) is 0.612. The topological polar surface area (TPSA) is 46.0 Å². The van der Waals surface area contributed by atoms with Crippen LogP contribution >= 0.6 is 0 Å². The number of rotatable bonds is 2. The highest BCUT2D eigenvalue weighted by molar-refractivity contribution is 5.89. The van der Waals surface area contributed by atoms with Crippen LogP contribution in [-0.4, -0.2) is 17.5 Å². The standard InChI is InChI=1S/C9H9F3N2O/c1-2-15-8(13)6-4-3-5-7(14-6)9(10,11)12/h3-5,13H,2H2,1H3. The lowest BCUT2D eigenvalue weighted by Crippen LogP contribution is -2.13. The minimum atomic E-state index is -4.50. The maximum atomic E-state index is 12.2. The van der Waals surface area contributed by atoms with Crippen LogP contribution in [0.1, 0.15) is 18.3 Å². The third-order valence-electron chi connectivity index (χ3n) is 1.56. The van der Waals surface area contributed by atoms with E-state index < -0.39 is 11.9 Å². The molecule has 0 atom stereocenters. The van der Waals surface area contributed by atoms with Crippen molar-refractivity contribution in [3.8, 4) is 0 Å². The molecule has 0 bridgehead atoms. The normalized spacial score (nSPS) is 11.2. The molecule has 0 unspecified atom stereocenters. The fourth-order valence-electron chi connectivity index (χ4n) is 0.937. The van der Waals surface area contributed by atoms with Gasteiger partial charge in [0.2, 0.25) is 5.90 Å². The van der Waals surface area contributed by atoms with Gasteiger partial charge in [0, 0.05) is 0 Å². The molecule has 82 valence electrons. The first-order valence-corrected chi connectivity index (χ1v) is 4.21. The van der Waals surface area contributed by atoms with E-state index in [1.807, 2.05) is 0 Å². The summed E-state index contributed by atoms with van der Waals surface area (Å²) in [5.41, 5.74) is -1.14. The molecule has 1 rings (SSSR count). The van der Waals surface area contributed by atoms with E-state index in [0.29, 0.717) is 0 Å². The minimum absolute atomic E-state index is 0.119. The SMILES string of the molecule is CCOC(=N)c1cccc(C(F)(F)F)n1. The van der Waals surface area contributed by atoms with Crippen molar-refractivity contribution < 1.29 is 17.9 Å². The Labute approximate surface area is 84.4 Å². The predicted octanol–water partition coefficient (Wildman–Crippen LogP) is 2.46. The molecule has 0 radical (unpaired) electrons. The molecule has 3 nitrogen and oxygen atoms in total. The Morgan fingerprint density at radius 1 is 1.47 bits per heavy atom. The van der Waals surface area contributed by atoms with Gasteiger partial charge in [-0.3, -0.25) is 5.41 Å². The van der Waals surface area contributed by atoms with Gasteiger partial charge in [0.05, 0.1) is 6.61 Å². The van der Waals surface area contributed by atoms with E-state index in [1.54, 1.807) is 6.92 Å². The molecule has 0 aromatic carbocycles. The molecular weight excluding hydrogens is 209 g/mol. The maximum Gasteiger partial charge on any atom is 0.433 e. The largest absolute Gasteiger partial charge is 0.477 e. The molecule has 0 aliphatic rings. The fraction of sp³-hybridized carbons (Fsp3) is 0.333. The Kier molecular flexibility index (Phi) is 3.28. The smallest absolute Gasteiger partial charge is 0.433 e. The zero-order chi connectivity index (χ0) is 11.5. The number of hydrogen-bond donors (Lipinski definition) is 1. The highest BCUT2D eigenvalue weighted by atomic mass is 19.4. The van der Waals surface area contributed by atoms with Crippen LogP contribution in [0.5, 0.6) is 0 Å². The van der Waals surface area contributed by atoms with E-state index in [2.05, 4.69) is 4.98 Å². The Balaban J connectivity index is 2.98. The first-order chi connectivity index (χ1) is 6.95. The molecule has 1 N–H and O–H groups in total. The van der Waals surface area contributed by atoms with Gasteiger partial charge in [-0.05, 0) is 19.1 Å². The lowest BCUT2D eigenvalue weighted by atomic mass is 10.3. The fourth-order valence-corrected chi connectivity index (χ4v) is 0.937. The summed E-state index contributed by atoms with van der Waals surface area (Å²) >= 11 is 0. The van der Waals surface area contributed by atoms with Crippen molar-refractivity contribution in [3.05, 3.63) is 29.6 Å². The van der Waals surface area contributed by atoms with E-state index in [9.17, 15) is 13.2 Å². The van der Waals surface area contributed by atoms with Gasteiger partial charge in [0.15, 0.2) is 0 Å². The lowest BCUT2D eigenvalue weighted by molar-refractivity contribution is -0.141. The van der Waals surface area contributed by atoms with Crippen LogP contribution in [0, 0.1) is 5.41 Å². The van der Waals surface area contributed by atoms with E-state index >= 15 is 0 Å². The van der Waals surface area contributed by atoms with Crippen LogP contribution in [0.2, 0.25) is 0 Å². The van der Waals surface area contributed by atoms with Crippen molar-refractivity contribution >= 4 is 5.90 Å². The van der Waals surface area contributed by atoms with Crippen LogP contribution in [0.4, 0.5) is 13.2 Å². The van der Waals surface area contributed by atoms with Gasteiger partial charge in [-0.2, -0.15) is 13.2 Å². The van der Waals surface area contributed by atoms with Crippen LogP contribution in [0.3, 0.4) is 0 Å². The summed E-state index contributed by atoms with van der Waals surface area (Å²) in [5, 5.41) is 7.28. The first kappa shape index (κ1) is 11.5. The van der Waals surface area contributed by atoms with Crippen molar-refractivity contribution in [1.29, 1.82) is 5.41 Å². The molecule has 0 aliphatic carbocycles. The number of pyridine rings is 1. The number of hydrogen-bond acceptors (Lipinski definition) is 3. The van der Waals surface area contributed by atoms with Gasteiger partial charge in [0.25, 0.3) is 0 Å². The number of ether oxygens (including phenoxy) is 1. The van der Waals surface area contributed by atoms with Gasteiger partial charge in [-0.1, -0.05) is 6.07 Å². The molecule has 0 aliphatic heterocycles. The molecule has 1 aromatic rings. The van der Waals surface area contributed by atoms with E-state index in [4.69, 9.17) is 10.1 Å². The minimum Gasteiger partial charge on any atom is -0.477 e. The number of aromatic nitrogens is 1. The van der Waals surface area contributed by atoms with Crippen molar-refractivity contribution in [2.45, 2.75) is 13.1 Å². The van der Waals surface area contributed by atoms with Gasteiger partial charge in [-0.25, -0.2) is 4.98 Å². The van der Waals surface area contributed by atoms with Crippen LogP contribution < -0.4 is 0 Å². The number of nitrogens with zero attached hydrogens (tertiary/aromatic N) is 1.